The van der Waals surface area contributed by atoms with E-state index in [0.717, 1.165) is 17.7 Å². The zero-order valence-corrected chi connectivity index (χ0v) is 12.5. The molecule has 10 nitrogen and oxygen atoms in total. The van der Waals surface area contributed by atoms with Gasteiger partial charge in [0.2, 0.25) is 0 Å². The quantitative estimate of drug-likeness (QED) is 0.328. The molecule has 0 saturated heterocycles. The Hall–Kier alpha value is -3.53. The molecule has 0 aliphatic rings. The van der Waals surface area contributed by atoms with Crippen LogP contribution in [-0.4, -0.2) is 15.8 Å². The number of amides is 1. The van der Waals surface area contributed by atoms with Crippen molar-refractivity contribution in [3.63, 3.8) is 0 Å². The van der Waals surface area contributed by atoms with Gasteiger partial charge < -0.3 is 5.32 Å². The zero-order chi connectivity index (χ0) is 17.9. The van der Waals surface area contributed by atoms with Crippen LogP contribution in [0.4, 0.5) is 22.7 Å². The van der Waals surface area contributed by atoms with Crippen LogP contribution in [0.25, 0.3) is 0 Å². The molecular formula is C14H13N5O5. The Morgan fingerprint density at radius 2 is 1.83 bits per heavy atom. The van der Waals surface area contributed by atoms with E-state index in [1.807, 2.05) is 18.4 Å². The number of benzene rings is 2. The monoisotopic (exact) mass is 331 g/mol. The molecule has 0 saturated carbocycles. The standard InChI is InChI=1S/C14H13N5O5/c1-8-3-2-4-9(5-8)16-13-11(14(20)17-15)6-10(18(21)22)7-12(13)19(23)24/h2-7,16H,15H2,1H3,(H,17,20). The highest BCUT2D eigenvalue weighted by molar-refractivity contribution is 6.03. The molecule has 0 aliphatic carbocycles. The summed E-state index contributed by atoms with van der Waals surface area (Å²) in [6, 6.07) is 8.59. The van der Waals surface area contributed by atoms with Crippen LogP contribution in [0.3, 0.4) is 0 Å². The molecule has 0 radical (unpaired) electrons. The maximum atomic E-state index is 11.9. The highest BCUT2D eigenvalue weighted by Gasteiger charge is 2.27. The Morgan fingerprint density at radius 3 is 2.38 bits per heavy atom. The summed E-state index contributed by atoms with van der Waals surface area (Å²) in [5.41, 5.74) is 1.51. The molecule has 2 aromatic carbocycles. The average molecular weight is 331 g/mol. The number of nitrogens with two attached hydrogens (primary N) is 1. The summed E-state index contributed by atoms with van der Waals surface area (Å²) in [5.74, 6) is 4.18. The van der Waals surface area contributed by atoms with E-state index in [2.05, 4.69) is 5.32 Å². The molecule has 10 heteroatoms. The van der Waals surface area contributed by atoms with E-state index < -0.39 is 27.1 Å². The van der Waals surface area contributed by atoms with Gasteiger partial charge in [-0.2, -0.15) is 0 Å². The van der Waals surface area contributed by atoms with Crippen molar-refractivity contribution in [1.82, 2.24) is 5.43 Å². The van der Waals surface area contributed by atoms with Crippen molar-refractivity contribution in [3.8, 4) is 0 Å². The first kappa shape index (κ1) is 16.8. The number of hydrogen-bond acceptors (Lipinski definition) is 7. The SMILES string of the molecule is Cc1cccc(Nc2c(C(=O)NN)cc([N+](=O)[O-])cc2[N+](=O)[O-])c1. The first-order valence-electron chi connectivity index (χ1n) is 6.65. The van der Waals surface area contributed by atoms with Crippen LogP contribution in [0.15, 0.2) is 36.4 Å². The van der Waals surface area contributed by atoms with Gasteiger partial charge in [-0.25, -0.2) is 5.84 Å². The number of anilines is 2. The number of nitro groups is 2. The smallest absolute Gasteiger partial charge is 0.300 e. The van der Waals surface area contributed by atoms with Crippen LogP contribution in [0, 0.1) is 27.2 Å². The van der Waals surface area contributed by atoms with E-state index in [0.29, 0.717) is 5.69 Å². The van der Waals surface area contributed by atoms with Crippen LogP contribution in [0.2, 0.25) is 0 Å². The minimum absolute atomic E-state index is 0.181. The molecule has 0 fully saturated rings. The molecule has 0 spiro atoms. The summed E-state index contributed by atoms with van der Waals surface area (Å²) in [6.07, 6.45) is 0. The summed E-state index contributed by atoms with van der Waals surface area (Å²) < 4.78 is 0. The first-order valence-corrected chi connectivity index (χ1v) is 6.65. The van der Waals surface area contributed by atoms with Crippen molar-refractivity contribution in [2.75, 3.05) is 5.32 Å². The lowest BCUT2D eigenvalue weighted by Crippen LogP contribution is -2.30. The third kappa shape index (κ3) is 3.44. The Balaban J connectivity index is 2.68. The highest BCUT2D eigenvalue weighted by Crippen LogP contribution is 2.35. The molecule has 0 atom stereocenters. The van der Waals surface area contributed by atoms with Gasteiger partial charge in [-0.3, -0.25) is 30.4 Å². The zero-order valence-electron chi connectivity index (χ0n) is 12.5. The minimum Gasteiger partial charge on any atom is -0.349 e. The van der Waals surface area contributed by atoms with E-state index in [4.69, 9.17) is 5.84 Å². The Bertz CT molecular complexity index is 836. The number of nitrogens with zero attached hydrogens (tertiary/aromatic N) is 2. The number of hydrazine groups is 1. The number of nitro benzene ring substituents is 2. The van der Waals surface area contributed by atoms with Crippen LogP contribution >= 0.6 is 0 Å². The van der Waals surface area contributed by atoms with E-state index in [-0.39, 0.29) is 11.3 Å². The highest BCUT2D eigenvalue weighted by atomic mass is 16.6. The second-order valence-corrected chi connectivity index (χ2v) is 4.87. The van der Waals surface area contributed by atoms with Gasteiger partial charge in [0.1, 0.15) is 5.69 Å². The number of rotatable bonds is 5. The van der Waals surface area contributed by atoms with Gasteiger partial charge in [0.15, 0.2) is 0 Å². The van der Waals surface area contributed by atoms with E-state index >= 15 is 0 Å². The Labute approximate surface area is 135 Å². The maximum absolute atomic E-state index is 11.9. The van der Waals surface area contributed by atoms with Gasteiger partial charge >= 0.3 is 0 Å². The summed E-state index contributed by atoms with van der Waals surface area (Å²) in [7, 11) is 0. The van der Waals surface area contributed by atoms with Crippen molar-refractivity contribution in [2.45, 2.75) is 6.92 Å². The molecule has 2 aromatic rings. The summed E-state index contributed by atoms with van der Waals surface area (Å²) >= 11 is 0. The van der Waals surface area contributed by atoms with E-state index in [9.17, 15) is 25.0 Å². The van der Waals surface area contributed by atoms with E-state index in [1.54, 1.807) is 18.2 Å². The number of carbonyl (C=O) groups excluding carboxylic acids is 1. The lowest BCUT2D eigenvalue weighted by atomic mass is 10.1. The number of non-ortho nitro benzene ring substituents is 1. The normalized spacial score (nSPS) is 10.1. The van der Waals surface area contributed by atoms with Gasteiger partial charge in [-0.15, -0.1) is 0 Å². The third-order valence-corrected chi connectivity index (χ3v) is 3.17. The van der Waals surface area contributed by atoms with Gasteiger partial charge in [0.25, 0.3) is 17.3 Å². The minimum atomic E-state index is -0.892. The van der Waals surface area contributed by atoms with Crippen molar-refractivity contribution in [2.24, 2.45) is 5.84 Å². The molecular weight excluding hydrogens is 318 g/mol. The fourth-order valence-corrected chi connectivity index (χ4v) is 2.12. The van der Waals surface area contributed by atoms with E-state index in [1.165, 1.54) is 0 Å². The molecule has 0 aromatic heterocycles. The van der Waals surface area contributed by atoms with Crippen molar-refractivity contribution >= 4 is 28.7 Å². The maximum Gasteiger partial charge on any atom is 0.300 e. The molecule has 1 amide bonds. The second kappa shape index (κ2) is 6.71. The van der Waals surface area contributed by atoms with Crippen LogP contribution in [0.5, 0.6) is 0 Å². The fraction of sp³-hybridized carbons (Fsp3) is 0.0714. The number of carbonyl (C=O) groups is 1. The lowest BCUT2D eigenvalue weighted by molar-refractivity contribution is -0.393. The van der Waals surface area contributed by atoms with Gasteiger partial charge in [0, 0.05) is 11.8 Å². The Morgan fingerprint density at radius 1 is 1.12 bits per heavy atom. The Kier molecular flexibility index (Phi) is 4.70. The number of hydrogen-bond donors (Lipinski definition) is 3. The summed E-state index contributed by atoms with van der Waals surface area (Å²) in [6.45, 7) is 1.82. The molecule has 124 valence electrons. The molecule has 0 heterocycles. The molecule has 2 rings (SSSR count). The average Bonchev–Trinajstić information content (AvgIpc) is 2.53. The summed E-state index contributed by atoms with van der Waals surface area (Å²) in [4.78, 5) is 32.5. The lowest BCUT2D eigenvalue weighted by Gasteiger charge is -2.12. The second-order valence-electron chi connectivity index (χ2n) is 4.87. The van der Waals surface area contributed by atoms with Crippen molar-refractivity contribution in [3.05, 3.63) is 67.8 Å². The third-order valence-electron chi connectivity index (χ3n) is 3.17. The molecule has 0 aliphatic heterocycles. The molecule has 24 heavy (non-hydrogen) atoms. The van der Waals surface area contributed by atoms with Gasteiger partial charge in [0.05, 0.1) is 21.5 Å². The van der Waals surface area contributed by atoms with Gasteiger partial charge in [-0.1, -0.05) is 12.1 Å². The first-order chi connectivity index (χ1) is 11.3. The predicted molar refractivity (Wildman–Crippen MR) is 85.9 cm³/mol. The largest absolute Gasteiger partial charge is 0.349 e. The number of nitrogen functional groups attached to an aromatic ring is 1. The number of nitrogens with one attached hydrogen (secondary N) is 2. The van der Waals surface area contributed by atoms with Crippen molar-refractivity contribution < 1.29 is 14.6 Å². The fourth-order valence-electron chi connectivity index (χ4n) is 2.12. The predicted octanol–water partition coefficient (Wildman–Crippen LogP) is 2.16. The molecule has 0 unspecified atom stereocenters. The van der Waals surface area contributed by atoms with Crippen LogP contribution < -0.4 is 16.6 Å². The van der Waals surface area contributed by atoms with Crippen LogP contribution in [0.1, 0.15) is 15.9 Å². The molecule has 4 N–H and O–H groups in total. The topological polar surface area (TPSA) is 153 Å². The van der Waals surface area contributed by atoms with Crippen molar-refractivity contribution in [1.29, 1.82) is 0 Å². The molecule has 0 bridgehead atoms. The number of aryl methyl sites for hydroxylation is 1. The van der Waals surface area contributed by atoms with Gasteiger partial charge in [-0.05, 0) is 24.6 Å². The summed E-state index contributed by atoms with van der Waals surface area (Å²) in [5, 5.41) is 25.0. The van der Waals surface area contributed by atoms with Crippen LogP contribution in [-0.2, 0) is 0 Å².